The molecule has 122 valence electrons. The highest BCUT2D eigenvalue weighted by molar-refractivity contribution is 5.81. The number of ether oxygens (including phenoxy) is 1. The molecule has 1 aliphatic rings. The van der Waals surface area contributed by atoms with Crippen LogP contribution in [0.2, 0.25) is 0 Å². The predicted octanol–water partition coefficient (Wildman–Crippen LogP) is 0.140. The van der Waals surface area contributed by atoms with Gasteiger partial charge in [-0.3, -0.25) is 14.7 Å². The van der Waals surface area contributed by atoms with Gasteiger partial charge in [-0.05, 0) is 13.3 Å². The number of hydrogen-bond donors (Lipinski definition) is 1. The standard InChI is InChI=1S/C15H25N5O2/c1-13(15(21)18-4-3-11-22-2)19-7-9-20(10-8-19)14-12-16-5-6-17-14/h5-6,12-13H,3-4,7-11H2,1-2H3,(H,18,21). The minimum atomic E-state index is -0.105. The van der Waals surface area contributed by atoms with Gasteiger partial charge in [0.05, 0.1) is 12.2 Å². The van der Waals surface area contributed by atoms with Gasteiger partial charge in [-0.25, -0.2) is 4.98 Å². The molecule has 1 aromatic heterocycles. The Morgan fingerprint density at radius 3 is 2.77 bits per heavy atom. The summed E-state index contributed by atoms with van der Waals surface area (Å²) in [5, 5.41) is 2.96. The van der Waals surface area contributed by atoms with E-state index in [1.54, 1.807) is 25.7 Å². The van der Waals surface area contributed by atoms with E-state index in [-0.39, 0.29) is 11.9 Å². The summed E-state index contributed by atoms with van der Waals surface area (Å²) in [6.45, 7) is 6.72. The van der Waals surface area contributed by atoms with Crippen molar-refractivity contribution in [3.05, 3.63) is 18.6 Å². The quantitative estimate of drug-likeness (QED) is 0.723. The van der Waals surface area contributed by atoms with Gasteiger partial charge in [0, 0.05) is 58.8 Å². The first-order chi connectivity index (χ1) is 10.7. The largest absolute Gasteiger partial charge is 0.385 e. The molecule has 0 aromatic carbocycles. The lowest BCUT2D eigenvalue weighted by atomic mass is 10.2. The minimum Gasteiger partial charge on any atom is -0.385 e. The third kappa shape index (κ3) is 4.64. The number of carbonyl (C=O) groups excluding carboxylic acids is 1. The maximum Gasteiger partial charge on any atom is 0.237 e. The third-order valence-corrected chi connectivity index (χ3v) is 3.94. The fourth-order valence-electron chi connectivity index (χ4n) is 2.53. The molecule has 0 radical (unpaired) electrons. The van der Waals surface area contributed by atoms with Gasteiger partial charge in [0.1, 0.15) is 5.82 Å². The van der Waals surface area contributed by atoms with Gasteiger partial charge in [0.2, 0.25) is 5.91 Å². The van der Waals surface area contributed by atoms with E-state index in [0.717, 1.165) is 38.4 Å². The number of piperazine rings is 1. The molecule has 1 saturated heterocycles. The van der Waals surface area contributed by atoms with Crippen molar-refractivity contribution < 1.29 is 9.53 Å². The molecule has 0 bridgehead atoms. The van der Waals surface area contributed by atoms with Crippen LogP contribution in [0.25, 0.3) is 0 Å². The van der Waals surface area contributed by atoms with Gasteiger partial charge in [0.15, 0.2) is 0 Å². The minimum absolute atomic E-state index is 0.0871. The molecule has 1 aliphatic heterocycles. The molecule has 1 atom stereocenters. The highest BCUT2D eigenvalue weighted by atomic mass is 16.5. The Morgan fingerprint density at radius 1 is 1.36 bits per heavy atom. The summed E-state index contributed by atoms with van der Waals surface area (Å²) in [7, 11) is 1.67. The van der Waals surface area contributed by atoms with Crippen molar-refractivity contribution in [3.63, 3.8) is 0 Å². The Hall–Kier alpha value is -1.73. The number of rotatable bonds is 7. The lowest BCUT2D eigenvalue weighted by Crippen LogP contribution is -2.54. The second-order valence-electron chi connectivity index (χ2n) is 5.40. The molecule has 1 aromatic rings. The van der Waals surface area contributed by atoms with Crippen molar-refractivity contribution in [3.8, 4) is 0 Å². The van der Waals surface area contributed by atoms with Crippen molar-refractivity contribution >= 4 is 11.7 Å². The van der Waals surface area contributed by atoms with Crippen molar-refractivity contribution in [1.29, 1.82) is 0 Å². The van der Waals surface area contributed by atoms with Crippen LogP contribution in [-0.2, 0) is 9.53 Å². The smallest absolute Gasteiger partial charge is 0.237 e. The molecule has 2 rings (SSSR count). The van der Waals surface area contributed by atoms with Crippen LogP contribution in [0.5, 0.6) is 0 Å². The number of anilines is 1. The van der Waals surface area contributed by atoms with E-state index < -0.39 is 0 Å². The Bertz CT molecular complexity index is 449. The van der Waals surface area contributed by atoms with E-state index in [0.29, 0.717) is 13.2 Å². The van der Waals surface area contributed by atoms with Crippen LogP contribution in [-0.4, -0.2) is 73.3 Å². The second-order valence-corrected chi connectivity index (χ2v) is 5.40. The summed E-state index contributed by atoms with van der Waals surface area (Å²) < 4.78 is 4.98. The van der Waals surface area contributed by atoms with Crippen molar-refractivity contribution in [2.24, 2.45) is 0 Å². The third-order valence-electron chi connectivity index (χ3n) is 3.94. The molecular formula is C15H25N5O2. The molecule has 1 amide bonds. The number of hydrogen-bond acceptors (Lipinski definition) is 6. The van der Waals surface area contributed by atoms with E-state index >= 15 is 0 Å². The molecule has 2 heterocycles. The van der Waals surface area contributed by atoms with Crippen LogP contribution in [0.3, 0.4) is 0 Å². The number of nitrogens with zero attached hydrogens (tertiary/aromatic N) is 4. The van der Waals surface area contributed by atoms with E-state index in [4.69, 9.17) is 4.74 Å². The molecule has 22 heavy (non-hydrogen) atoms. The van der Waals surface area contributed by atoms with Gasteiger partial charge in [-0.15, -0.1) is 0 Å². The summed E-state index contributed by atoms with van der Waals surface area (Å²) in [6.07, 6.45) is 6.00. The lowest BCUT2D eigenvalue weighted by molar-refractivity contribution is -0.126. The first-order valence-electron chi connectivity index (χ1n) is 7.74. The van der Waals surface area contributed by atoms with Crippen LogP contribution < -0.4 is 10.2 Å². The Morgan fingerprint density at radius 2 is 2.14 bits per heavy atom. The van der Waals surface area contributed by atoms with Gasteiger partial charge in [-0.2, -0.15) is 0 Å². The summed E-state index contributed by atoms with van der Waals surface area (Å²) in [5.41, 5.74) is 0. The monoisotopic (exact) mass is 307 g/mol. The fraction of sp³-hybridized carbons (Fsp3) is 0.667. The Labute approximate surface area is 131 Å². The number of carbonyl (C=O) groups is 1. The molecule has 0 spiro atoms. The molecule has 0 saturated carbocycles. The van der Waals surface area contributed by atoms with Gasteiger partial charge >= 0.3 is 0 Å². The zero-order valence-electron chi connectivity index (χ0n) is 13.4. The number of nitrogens with one attached hydrogen (secondary N) is 1. The van der Waals surface area contributed by atoms with E-state index in [1.165, 1.54) is 0 Å². The maximum atomic E-state index is 12.1. The summed E-state index contributed by atoms with van der Waals surface area (Å²) in [6, 6.07) is -0.105. The highest BCUT2D eigenvalue weighted by Gasteiger charge is 2.25. The normalized spacial score (nSPS) is 17.3. The first-order valence-corrected chi connectivity index (χ1v) is 7.74. The van der Waals surface area contributed by atoms with Crippen LogP contribution >= 0.6 is 0 Å². The summed E-state index contributed by atoms with van der Waals surface area (Å²) in [5.74, 6) is 0.989. The number of methoxy groups -OCH3 is 1. The highest BCUT2D eigenvalue weighted by Crippen LogP contribution is 2.13. The number of amides is 1. The lowest BCUT2D eigenvalue weighted by Gasteiger charge is -2.37. The van der Waals surface area contributed by atoms with Gasteiger partial charge < -0.3 is 15.0 Å². The summed E-state index contributed by atoms with van der Waals surface area (Å²) >= 11 is 0. The molecule has 0 aliphatic carbocycles. The van der Waals surface area contributed by atoms with Crippen molar-refractivity contribution in [2.45, 2.75) is 19.4 Å². The maximum absolute atomic E-state index is 12.1. The van der Waals surface area contributed by atoms with Crippen LogP contribution in [0.15, 0.2) is 18.6 Å². The van der Waals surface area contributed by atoms with Crippen molar-refractivity contribution in [2.75, 3.05) is 51.3 Å². The van der Waals surface area contributed by atoms with Crippen LogP contribution in [0, 0.1) is 0 Å². The van der Waals surface area contributed by atoms with Crippen LogP contribution in [0.4, 0.5) is 5.82 Å². The average molecular weight is 307 g/mol. The van der Waals surface area contributed by atoms with E-state index in [2.05, 4.69) is 25.1 Å². The van der Waals surface area contributed by atoms with E-state index in [9.17, 15) is 4.79 Å². The molecule has 1 N–H and O–H groups in total. The molecule has 7 nitrogen and oxygen atoms in total. The zero-order valence-corrected chi connectivity index (χ0v) is 13.4. The average Bonchev–Trinajstić information content (AvgIpc) is 2.59. The number of aromatic nitrogens is 2. The Kier molecular flexibility index (Phi) is 6.54. The van der Waals surface area contributed by atoms with Crippen LogP contribution in [0.1, 0.15) is 13.3 Å². The molecule has 1 fully saturated rings. The topological polar surface area (TPSA) is 70.6 Å². The predicted molar refractivity (Wildman–Crippen MR) is 84.8 cm³/mol. The molecular weight excluding hydrogens is 282 g/mol. The summed E-state index contributed by atoms with van der Waals surface area (Å²) in [4.78, 5) is 25.0. The molecule has 1 unspecified atom stereocenters. The SMILES string of the molecule is COCCCNC(=O)C(C)N1CCN(c2cnccn2)CC1. The second kappa shape index (κ2) is 8.65. The fourth-order valence-corrected chi connectivity index (χ4v) is 2.53. The first kappa shape index (κ1) is 16.6. The zero-order chi connectivity index (χ0) is 15.8. The van der Waals surface area contributed by atoms with Crippen molar-refractivity contribution in [1.82, 2.24) is 20.2 Å². The van der Waals surface area contributed by atoms with Gasteiger partial charge in [0.25, 0.3) is 0 Å². The van der Waals surface area contributed by atoms with Gasteiger partial charge in [-0.1, -0.05) is 0 Å². The Balaban J connectivity index is 1.75. The van der Waals surface area contributed by atoms with E-state index in [1.807, 2.05) is 6.92 Å². The molecule has 7 heteroatoms.